The predicted octanol–water partition coefficient (Wildman–Crippen LogP) is 4.46. The van der Waals surface area contributed by atoms with E-state index in [0.29, 0.717) is 5.17 Å². The lowest BCUT2D eigenvalue weighted by molar-refractivity contribution is -0.127. The standard InChI is InChI=1S/C22H25N3O2S/c1-5-16-7-10-17(11-8-16)24-22-25(4)21(27)19(28-22)13-20(26)23-18-9-6-14(2)15(3)12-18/h6-12,19H,5,13H2,1-4H3,(H,23,26). The zero-order valence-corrected chi connectivity index (χ0v) is 17.5. The Morgan fingerprint density at radius 1 is 1.14 bits per heavy atom. The Morgan fingerprint density at radius 3 is 2.50 bits per heavy atom. The Morgan fingerprint density at radius 2 is 1.86 bits per heavy atom. The molecule has 0 spiro atoms. The Labute approximate surface area is 170 Å². The molecule has 0 saturated carbocycles. The number of carbonyl (C=O) groups is 2. The van der Waals surface area contributed by atoms with Crippen molar-refractivity contribution in [2.75, 3.05) is 12.4 Å². The van der Waals surface area contributed by atoms with Gasteiger partial charge in [0.2, 0.25) is 11.8 Å². The molecule has 1 atom stereocenters. The Bertz CT molecular complexity index is 922. The summed E-state index contributed by atoms with van der Waals surface area (Å²) in [7, 11) is 1.70. The summed E-state index contributed by atoms with van der Waals surface area (Å²) in [6, 6.07) is 13.8. The van der Waals surface area contributed by atoms with Crippen LogP contribution in [-0.2, 0) is 16.0 Å². The summed E-state index contributed by atoms with van der Waals surface area (Å²) in [4.78, 5) is 31.1. The summed E-state index contributed by atoms with van der Waals surface area (Å²) in [5, 5.41) is 3.06. The summed E-state index contributed by atoms with van der Waals surface area (Å²) in [5.41, 5.74) is 5.09. The molecule has 1 saturated heterocycles. The van der Waals surface area contributed by atoms with Crippen molar-refractivity contribution in [1.82, 2.24) is 4.90 Å². The Hall–Kier alpha value is -2.60. The van der Waals surface area contributed by atoms with Crippen LogP contribution < -0.4 is 5.32 Å². The van der Waals surface area contributed by atoms with E-state index < -0.39 is 5.25 Å². The fraction of sp³-hybridized carbons (Fsp3) is 0.318. The number of amidine groups is 1. The highest BCUT2D eigenvalue weighted by Gasteiger charge is 2.37. The largest absolute Gasteiger partial charge is 0.326 e. The summed E-state index contributed by atoms with van der Waals surface area (Å²) in [6.07, 6.45) is 1.09. The highest BCUT2D eigenvalue weighted by atomic mass is 32.2. The van der Waals surface area contributed by atoms with E-state index >= 15 is 0 Å². The molecule has 6 heteroatoms. The van der Waals surface area contributed by atoms with Crippen LogP contribution in [-0.4, -0.2) is 34.2 Å². The van der Waals surface area contributed by atoms with Gasteiger partial charge in [-0.05, 0) is 61.2 Å². The first kappa shape index (κ1) is 20.1. The van der Waals surface area contributed by atoms with Gasteiger partial charge in [0.15, 0.2) is 5.17 Å². The number of aliphatic imine (C=N–C) groups is 1. The van der Waals surface area contributed by atoms with E-state index in [1.165, 1.54) is 27.8 Å². The van der Waals surface area contributed by atoms with E-state index in [4.69, 9.17) is 0 Å². The monoisotopic (exact) mass is 395 g/mol. The van der Waals surface area contributed by atoms with Crippen molar-refractivity contribution < 1.29 is 9.59 Å². The molecule has 2 aromatic rings. The average Bonchev–Trinajstić information content (AvgIpc) is 2.93. The minimum atomic E-state index is -0.454. The van der Waals surface area contributed by atoms with Crippen LogP contribution in [0.4, 0.5) is 11.4 Å². The molecule has 5 nitrogen and oxygen atoms in total. The number of hydrogen-bond donors (Lipinski definition) is 1. The van der Waals surface area contributed by atoms with Crippen LogP contribution in [0.5, 0.6) is 0 Å². The van der Waals surface area contributed by atoms with E-state index in [9.17, 15) is 9.59 Å². The first-order valence-electron chi connectivity index (χ1n) is 9.36. The van der Waals surface area contributed by atoms with Crippen molar-refractivity contribution in [1.29, 1.82) is 0 Å². The first-order valence-corrected chi connectivity index (χ1v) is 10.2. The van der Waals surface area contributed by atoms with Crippen LogP contribution in [0.3, 0.4) is 0 Å². The maximum Gasteiger partial charge on any atom is 0.242 e. The molecule has 2 amide bonds. The van der Waals surface area contributed by atoms with Gasteiger partial charge in [-0.25, -0.2) is 4.99 Å². The van der Waals surface area contributed by atoms with Crippen molar-refractivity contribution in [2.24, 2.45) is 4.99 Å². The van der Waals surface area contributed by atoms with Crippen molar-refractivity contribution in [2.45, 2.75) is 38.9 Å². The van der Waals surface area contributed by atoms with E-state index in [0.717, 1.165) is 23.4 Å². The third-order valence-electron chi connectivity index (χ3n) is 4.87. The number of carbonyl (C=O) groups excluding carboxylic acids is 2. The molecule has 28 heavy (non-hydrogen) atoms. The van der Waals surface area contributed by atoms with Gasteiger partial charge in [0, 0.05) is 19.2 Å². The number of hydrogen-bond acceptors (Lipinski definition) is 4. The molecule has 1 fully saturated rings. The van der Waals surface area contributed by atoms with Crippen molar-refractivity contribution in [3.63, 3.8) is 0 Å². The van der Waals surface area contributed by atoms with Gasteiger partial charge in [-0.3, -0.25) is 14.5 Å². The van der Waals surface area contributed by atoms with Gasteiger partial charge in [-0.2, -0.15) is 0 Å². The second-order valence-corrected chi connectivity index (χ2v) is 8.14. The molecule has 1 heterocycles. The van der Waals surface area contributed by atoms with Gasteiger partial charge in [0.1, 0.15) is 5.25 Å². The van der Waals surface area contributed by atoms with Crippen LogP contribution in [0.25, 0.3) is 0 Å². The number of nitrogens with one attached hydrogen (secondary N) is 1. The Kier molecular flexibility index (Phi) is 6.19. The maximum atomic E-state index is 12.5. The number of nitrogens with zero attached hydrogens (tertiary/aromatic N) is 2. The summed E-state index contributed by atoms with van der Waals surface area (Å²) in [6.45, 7) is 6.14. The highest BCUT2D eigenvalue weighted by molar-refractivity contribution is 8.15. The van der Waals surface area contributed by atoms with E-state index in [1.807, 2.05) is 56.3 Å². The highest BCUT2D eigenvalue weighted by Crippen LogP contribution is 2.31. The fourth-order valence-corrected chi connectivity index (χ4v) is 4.07. The number of aryl methyl sites for hydroxylation is 3. The quantitative estimate of drug-likeness (QED) is 0.813. The summed E-state index contributed by atoms with van der Waals surface area (Å²) < 4.78 is 0. The summed E-state index contributed by atoms with van der Waals surface area (Å²) in [5.74, 6) is -0.264. The normalized spacial score (nSPS) is 18.0. The second kappa shape index (κ2) is 8.61. The van der Waals surface area contributed by atoms with Gasteiger partial charge in [0.05, 0.1) is 5.69 Å². The lowest BCUT2D eigenvalue weighted by Crippen LogP contribution is -2.30. The number of thioether (sulfide) groups is 1. The molecule has 0 bridgehead atoms. The molecule has 2 aromatic carbocycles. The molecule has 3 rings (SSSR count). The lowest BCUT2D eigenvalue weighted by Gasteiger charge is -2.10. The molecule has 146 valence electrons. The maximum absolute atomic E-state index is 12.5. The zero-order valence-electron chi connectivity index (χ0n) is 16.7. The topological polar surface area (TPSA) is 61.8 Å². The van der Waals surface area contributed by atoms with E-state index in [1.54, 1.807) is 7.05 Å². The minimum absolute atomic E-state index is 0.0934. The minimum Gasteiger partial charge on any atom is -0.326 e. The van der Waals surface area contributed by atoms with Gasteiger partial charge in [-0.1, -0.05) is 36.9 Å². The molecular weight excluding hydrogens is 370 g/mol. The predicted molar refractivity (Wildman–Crippen MR) is 116 cm³/mol. The van der Waals surface area contributed by atoms with E-state index in [-0.39, 0.29) is 18.2 Å². The molecule has 0 aliphatic carbocycles. The molecule has 1 aliphatic heterocycles. The average molecular weight is 396 g/mol. The fourth-order valence-electron chi connectivity index (χ4n) is 2.91. The van der Waals surface area contributed by atoms with Crippen LogP contribution in [0.2, 0.25) is 0 Å². The van der Waals surface area contributed by atoms with Crippen molar-refractivity contribution >= 4 is 40.1 Å². The van der Waals surface area contributed by atoms with Crippen LogP contribution >= 0.6 is 11.8 Å². The van der Waals surface area contributed by atoms with Gasteiger partial charge in [-0.15, -0.1) is 0 Å². The first-order chi connectivity index (χ1) is 13.4. The van der Waals surface area contributed by atoms with Crippen molar-refractivity contribution in [3.05, 3.63) is 59.2 Å². The third-order valence-corrected chi connectivity index (χ3v) is 6.10. The molecule has 1 N–H and O–H groups in total. The Balaban J connectivity index is 1.66. The number of rotatable bonds is 5. The molecule has 1 aliphatic rings. The third kappa shape index (κ3) is 4.62. The second-order valence-electron chi connectivity index (χ2n) is 6.97. The van der Waals surface area contributed by atoms with Crippen molar-refractivity contribution in [3.8, 4) is 0 Å². The SMILES string of the molecule is CCc1ccc(N=C2SC(CC(=O)Nc3ccc(C)c(C)c3)C(=O)N2C)cc1. The zero-order chi connectivity index (χ0) is 20.3. The molecule has 1 unspecified atom stereocenters. The lowest BCUT2D eigenvalue weighted by atomic mass is 10.1. The van der Waals surface area contributed by atoms with Gasteiger partial charge in [0.25, 0.3) is 0 Å². The number of benzene rings is 2. The molecular formula is C22H25N3O2S. The smallest absolute Gasteiger partial charge is 0.242 e. The number of amides is 2. The number of anilines is 1. The van der Waals surface area contributed by atoms with Crippen LogP contribution in [0, 0.1) is 13.8 Å². The van der Waals surface area contributed by atoms with Gasteiger partial charge < -0.3 is 5.32 Å². The molecule has 0 radical (unpaired) electrons. The van der Waals surface area contributed by atoms with Crippen LogP contribution in [0.15, 0.2) is 47.5 Å². The van der Waals surface area contributed by atoms with Gasteiger partial charge >= 0.3 is 0 Å². The molecule has 0 aromatic heterocycles. The van der Waals surface area contributed by atoms with Crippen LogP contribution in [0.1, 0.15) is 30.0 Å². The van der Waals surface area contributed by atoms with E-state index in [2.05, 4.69) is 17.2 Å². The summed E-state index contributed by atoms with van der Waals surface area (Å²) >= 11 is 1.34.